The van der Waals surface area contributed by atoms with Crippen molar-refractivity contribution >= 4 is 0 Å². The standard InChI is InChI=1S/C9H14N2O/c1-7(12)3-4-9-5-10-6-11-8(9)2/h5-7,12H,3-4H2,1-2H3. The van der Waals surface area contributed by atoms with Gasteiger partial charge in [0, 0.05) is 11.9 Å². The smallest absolute Gasteiger partial charge is 0.115 e. The molecule has 0 radical (unpaired) electrons. The fourth-order valence-electron chi connectivity index (χ4n) is 1.03. The Morgan fingerprint density at radius 1 is 1.58 bits per heavy atom. The SMILES string of the molecule is Cc1ncncc1CCC(C)O. The van der Waals surface area contributed by atoms with E-state index in [1.165, 1.54) is 0 Å². The third kappa shape index (κ3) is 2.58. The normalized spacial score (nSPS) is 12.9. The van der Waals surface area contributed by atoms with Crippen LogP contribution in [0, 0.1) is 6.92 Å². The van der Waals surface area contributed by atoms with Crippen molar-refractivity contribution in [3.8, 4) is 0 Å². The van der Waals surface area contributed by atoms with E-state index in [1.54, 1.807) is 13.3 Å². The molecule has 0 aliphatic rings. The van der Waals surface area contributed by atoms with E-state index in [1.807, 2.05) is 13.1 Å². The Morgan fingerprint density at radius 2 is 2.33 bits per heavy atom. The quantitative estimate of drug-likeness (QED) is 0.731. The topological polar surface area (TPSA) is 46.0 Å². The van der Waals surface area contributed by atoms with E-state index in [0.29, 0.717) is 0 Å². The lowest BCUT2D eigenvalue weighted by molar-refractivity contribution is 0.185. The van der Waals surface area contributed by atoms with E-state index in [0.717, 1.165) is 24.1 Å². The van der Waals surface area contributed by atoms with Gasteiger partial charge in [-0.05, 0) is 32.3 Å². The zero-order valence-corrected chi connectivity index (χ0v) is 7.49. The predicted molar refractivity (Wildman–Crippen MR) is 46.8 cm³/mol. The predicted octanol–water partition coefficient (Wildman–Crippen LogP) is 1.10. The van der Waals surface area contributed by atoms with Crippen LogP contribution in [0.2, 0.25) is 0 Å². The summed E-state index contributed by atoms with van der Waals surface area (Å²) in [4.78, 5) is 8.00. The molecule has 0 aromatic carbocycles. The maximum Gasteiger partial charge on any atom is 0.115 e. The van der Waals surface area contributed by atoms with E-state index < -0.39 is 0 Å². The van der Waals surface area contributed by atoms with Gasteiger partial charge in [0.15, 0.2) is 0 Å². The van der Waals surface area contributed by atoms with Crippen LogP contribution in [-0.2, 0) is 6.42 Å². The van der Waals surface area contributed by atoms with Gasteiger partial charge in [-0.15, -0.1) is 0 Å². The van der Waals surface area contributed by atoms with Crippen LogP contribution in [0.1, 0.15) is 24.6 Å². The monoisotopic (exact) mass is 166 g/mol. The van der Waals surface area contributed by atoms with E-state index in [-0.39, 0.29) is 6.10 Å². The van der Waals surface area contributed by atoms with E-state index >= 15 is 0 Å². The van der Waals surface area contributed by atoms with E-state index in [2.05, 4.69) is 9.97 Å². The first kappa shape index (κ1) is 9.13. The van der Waals surface area contributed by atoms with Crippen LogP contribution in [0.3, 0.4) is 0 Å². The second kappa shape index (κ2) is 4.16. The molecule has 3 heteroatoms. The fourth-order valence-corrected chi connectivity index (χ4v) is 1.03. The van der Waals surface area contributed by atoms with Crippen molar-refractivity contribution in [1.29, 1.82) is 0 Å². The molecule has 12 heavy (non-hydrogen) atoms. The molecule has 1 rings (SSSR count). The van der Waals surface area contributed by atoms with Crippen molar-refractivity contribution in [3.05, 3.63) is 23.8 Å². The van der Waals surface area contributed by atoms with Gasteiger partial charge >= 0.3 is 0 Å². The van der Waals surface area contributed by atoms with Gasteiger partial charge in [-0.1, -0.05) is 0 Å². The number of aliphatic hydroxyl groups is 1. The maximum absolute atomic E-state index is 9.06. The summed E-state index contributed by atoms with van der Waals surface area (Å²) in [6, 6.07) is 0. The fraction of sp³-hybridized carbons (Fsp3) is 0.556. The summed E-state index contributed by atoms with van der Waals surface area (Å²) in [7, 11) is 0. The van der Waals surface area contributed by atoms with Crippen molar-refractivity contribution in [2.75, 3.05) is 0 Å². The number of aromatic nitrogens is 2. The Balaban J connectivity index is 2.57. The first-order valence-corrected chi connectivity index (χ1v) is 4.13. The Morgan fingerprint density at radius 3 is 2.92 bits per heavy atom. The molecule has 0 aliphatic carbocycles. The lowest BCUT2D eigenvalue weighted by atomic mass is 10.1. The Bertz CT molecular complexity index is 248. The lowest BCUT2D eigenvalue weighted by Crippen LogP contribution is -2.03. The molecule has 1 aromatic heterocycles. The van der Waals surface area contributed by atoms with Crippen LogP contribution in [0.15, 0.2) is 12.5 Å². The van der Waals surface area contributed by atoms with Crippen molar-refractivity contribution in [3.63, 3.8) is 0 Å². The largest absolute Gasteiger partial charge is 0.393 e. The van der Waals surface area contributed by atoms with Crippen molar-refractivity contribution in [1.82, 2.24) is 9.97 Å². The molecule has 0 bridgehead atoms. The van der Waals surface area contributed by atoms with Crippen LogP contribution in [-0.4, -0.2) is 21.2 Å². The molecule has 1 heterocycles. The average molecular weight is 166 g/mol. The molecule has 66 valence electrons. The summed E-state index contributed by atoms with van der Waals surface area (Å²) in [6.07, 6.45) is 4.73. The summed E-state index contributed by atoms with van der Waals surface area (Å²) in [6.45, 7) is 3.75. The molecular formula is C9H14N2O. The zero-order chi connectivity index (χ0) is 8.97. The van der Waals surface area contributed by atoms with Crippen LogP contribution >= 0.6 is 0 Å². The van der Waals surface area contributed by atoms with Gasteiger partial charge in [0.25, 0.3) is 0 Å². The number of hydrogen-bond acceptors (Lipinski definition) is 3. The highest BCUT2D eigenvalue weighted by atomic mass is 16.3. The summed E-state index contributed by atoms with van der Waals surface area (Å²) in [5.41, 5.74) is 2.13. The molecule has 1 aromatic rings. The minimum absolute atomic E-state index is 0.246. The molecule has 1 atom stereocenters. The first-order chi connectivity index (χ1) is 5.70. The van der Waals surface area contributed by atoms with Gasteiger partial charge in [-0.2, -0.15) is 0 Å². The van der Waals surface area contributed by atoms with Gasteiger partial charge in [-0.3, -0.25) is 0 Å². The summed E-state index contributed by atoms with van der Waals surface area (Å²) in [5, 5.41) is 9.06. The third-order valence-electron chi connectivity index (χ3n) is 1.84. The van der Waals surface area contributed by atoms with Gasteiger partial charge < -0.3 is 5.11 Å². The molecule has 3 nitrogen and oxygen atoms in total. The molecule has 0 fully saturated rings. The lowest BCUT2D eigenvalue weighted by Gasteiger charge is -2.05. The highest BCUT2D eigenvalue weighted by Crippen LogP contribution is 2.06. The molecule has 0 saturated heterocycles. The van der Waals surface area contributed by atoms with Crippen LogP contribution in [0.25, 0.3) is 0 Å². The Hall–Kier alpha value is -0.960. The maximum atomic E-state index is 9.06. The summed E-state index contributed by atoms with van der Waals surface area (Å²) in [5.74, 6) is 0. The minimum atomic E-state index is -0.246. The molecule has 1 N–H and O–H groups in total. The number of hydrogen-bond donors (Lipinski definition) is 1. The minimum Gasteiger partial charge on any atom is -0.393 e. The van der Waals surface area contributed by atoms with Crippen LogP contribution in [0.5, 0.6) is 0 Å². The first-order valence-electron chi connectivity index (χ1n) is 4.13. The summed E-state index contributed by atoms with van der Waals surface area (Å²) >= 11 is 0. The van der Waals surface area contributed by atoms with Crippen molar-refractivity contribution in [2.45, 2.75) is 32.8 Å². The molecule has 0 aliphatic heterocycles. The third-order valence-corrected chi connectivity index (χ3v) is 1.84. The Kier molecular flexibility index (Phi) is 3.17. The Labute approximate surface area is 72.5 Å². The van der Waals surface area contributed by atoms with Crippen molar-refractivity contribution in [2.24, 2.45) is 0 Å². The highest BCUT2D eigenvalue weighted by Gasteiger charge is 2.01. The van der Waals surface area contributed by atoms with Gasteiger partial charge in [0.2, 0.25) is 0 Å². The number of aryl methyl sites for hydroxylation is 2. The average Bonchev–Trinajstić information content (AvgIpc) is 2.03. The summed E-state index contributed by atoms with van der Waals surface area (Å²) < 4.78 is 0. The van der Waals surface area contributed by atoms with Gasteiger partial charge in [-0.25, -0.2) is 9.97 Å². The number of aliphatic hydroxyl groups excluding tert-OH is 1. The van der Waals surface area contributed by atoms with E-state index in [9.17, 15) is 0 Å². The van der Waals surface area contributed by atoms with Crippen LogP contribution in [0.4, 0.5) is 0 Å². The molecule has 0 saturated carbocycles. The number of nitrogens with zero attached hydrogens (tertiary/aromatic N) is 2. The zero-order valence-electron chi connectivity index (χ0n) is 7.49. The second-order valence-electron chi connectivity index (χ2n) is 3.02. The van der Waals surface area contributed by atoms with Gasteiger partial charge in [0.1, 0.15) is 6.33 Å². The van der Waals surface area contributed by atoms with Crippen molar-refractivity contribution < 1.29 is 5.11 Å². The molecule has 0 amide bonds. The van der Waals surface area contributed by atoms with Crippen LogP contribution < -0.4 is 0 Å². The molecular weight excluding hydrogens is 152 g/mol. The molecule has 0 spiro atoms. The van der Waals surface area contributed by atoms with Gasteiger partial charge in [0.05, 0.1) is 6.10 Å². The second-order valence-corrected chi connectivity index (χ2v) is 3.02. The molecule has 1 unspecified atom stereocenters. The van der Waals surface area contributed by atoms with E-state index in [4.69, 9.17) is 5.11 Å². The highest BCUT2D eigenvalue weighted by molar-refractivity contribution is 5.13. The number of rotatable bonds is 3.